The molecular formula is C20H20F3N5. The van der Waals surface area contributed by atoms with Crippen molar-refractivity contribution in [3.63, 3.8) is 0 Å². The first kappa shape index (κ1) is 18.6. The molecule has 1 N–H and O–H groups in total. The maximum atomic E-state index is 12.5. The number of pyridine rings is 1. The van der Waals surface area contributed by atoms with E-state index in [-0.39, 0.29) is 5.92 Å². The second kappa shape index (κ2) is 7.71. The summed E-state index contributed by atoms with van der Waals surface area (Å²) in [6.45, 7) is -0.0259. The Morgan fingerprint density at radius 2 is 1.71 bits per heavy atom. The van der Waals surface area contributed by atoms with E-state index in [2.05, 4.69) is 20.2 Å². The lowest BCUT2D eigenvalue weighted by Gasteiger charge is -2.31. The summed E-state index contributed by atoms with van der Waals surface area (Å²) in [5, 5.41) is 8.43. The number of nitrogens with one attached hydrogen (secondary N) is 1. The molecule has 1 fully saturated rings. The lowest BCUT2D eigenvalue weighted by Crippen LogP contribution is -2.39. The van der Waals surface area contributed by atoms with E-state index < -0.39 is 12.7 Å². The number of likely N-dealkylation sites (tertiary alicyclic amines) is 1. The zero-order valence-electron chi connectivity index (χ0n) is 15.2. The third-order valence-corrected chi connectivity index (χ3v) is 4.99. The van der Waals surface area contributed by atoms with Gasteiger partial charge in [-0.05, 0) is 38.1 Å². The number of H-pyrrole nitrogens is 1. The first-order valence-electron chi connectivity index (χ1n) is 9.21. The molecule has 0 bridgehead atoms. The van der Waals surface area contributed by atoms with Crippen molar-refractivity contribution >= 4 is 0 Å². The summed E-state index contributed by atoms with van der Waals surface area (Å²) in [7, 11) is 0. The van der Waals surface area contributed by atoms with Crippen LogP contribution in [0.4, 0.5) is 13.2 Å². The Balaban J connectivity index is 1.41. The van der Waals surface area contributed by atoms with Crippen molar-refractivity contribution in [2.24, 2.45) is 0 Å². The molecule has 1 saturated heterocycles. The second-order valence-electron chi connectivity index (χ2n) is 7.02. The van der Waals surface area contributed by atoms with Gasteiger partial charge in [-0.3, -0.25) is 9.88 Å². The van der Waals surface area contributed by atoms with Crippen LogP contribution in [0.25, 0.3) is 22.6 Å². The highest BCUT2D eigenvalue weighted by Crippen LogP contribution is 2.29. The van der Waals surface area contributed by atoms with E-state index in [1.807, 2.05) is 42.5 Å². The first-order valence-corrected chi connectivity index (χ1v) is 9.21. The predicted octanol–water partition coefficient (Wildman–Crippen LogP) is 4.28. The molecule has 1 aromatic carbocycles. The average Bonchev–Trinajstić information content (AvgIpc) is 3.18. The number of rotatable bonds is 4. The monoisotopic (exact) mass is 387 g/mol. The van der Waals surface area contributed by atoms with Crippen molar-refractivity contribution < 1.29 is 13.2 Å². The fraction of sp³-hybridized carbons (Fsp3) is 0.350. The molecule has 0 saturated carbocycles. The molecule has 0 unspecified atom stereocenters. The SMILES string of the molecule is FC(F)(F)CN1CCC(c2nnc(-c3ccc(-c4ccccc4)nc3)[nH]2)CC1. The summed E-state index contributed by atoms with van der Waals surface area (Å²) in [6.07, 6.45) is -1.13. The number of halogens is 3. The van der Waals surface area contributed by atoms with Gasteiger partial charge in [-0.1, -0.05) is 30.3 Å². The summed E-state index contributed by atoms with van der Waals surface area (Å²) < 4.78 is 37.5. The molecule has 1 aliphatic rings. The smallest absolute Gasteiger partial charge is 0.325 e. The Hall–Kier alpha value is -2.74. The van der Waals surface area contributed by atoms with Gasteiger partial charge in [-0.25, -0.2) is 0 Å². The van der Waals surface area contributed by atoms with E-state index in [1.54, 1.807) is 6.20 Å². The highest BCUT2D eigenvalue weighted by atomic mass is 19.4. The van der Waals surface area contributed by atoms with Crippen LogP contribution < -0.4 is 0 Å². The highest BCUT2D eigenvalue weighted by molar-refractivity contribution is 5.62. The fourth-order valence-electron chi connectivity index (χ4n) is 3.52. The molecule has 4 rings (SSSR count). The molecule has 3 heterocycles. The second-order valence-corrected chi connectivity index (χ2v) is 7.02. The van der Waals surface area contributed by atoms with Gasteiger partial charge >= 0.3 is 6.18 Å². The summed E-state index contributed by atoms with van der Waals surface area (Å²) in [5.74, 6) is 1.45. The minimum Gasteiger partial charge on any atom is -0.325 e. The molecule has 0 radical (unpaired) electrons. The van der Waals surface area contributed by atoms with E-state index in [0.29, 0.717) is 31.8 Å². The topological polar surface area (TPSA) is 57.7 Å². The normalized spacial score (nSPS) is 16.4. The molecule has 0 amide bonds. The number of hydrogen-bond donors (Lipinski definition) is 1. The van der Waals surface area contributed by atoms with Gasteiger partial charge in [0, 0.05) is 23.2 Å². The Kier molecular flexibility index (Phi) is 5.13. The quantitative estimate of drug-likeness (QED) is 0.726. The van der Waals surface area contributed by atoms with Crippen molar-refractivity contribution in [2.75, 3.05) is 19.6 Å². The molecule has 28 heavy (non-hydrogen) atoms. The van der Waals surface area contributed by atoms with E-state index in [4.69, 9.17) is 0 Å². The van der Waals surface area contributed by atoms with Crippen LogP contribution in [0.15, 0.2) is 48.7 Å². The Labute approximate surface area is 160 Å². The minimum atomic E-state index is -4.15. The summed E-state index contributed by atoms with van der Waals surface area (Å²) in [6, 6.07) is 13.8. The van der Waals surface area contributed by atoms with E-state index in [0.717, 1.165) is 22.6 Å². The lowest BCUT2D eigenvalue weighted by molar-refractivity contribution is -0.148. The van der Waals surface area contributed by atoms with Gasteiger partial charge in [0.1, 0.15) is 5.82 Å². The van der Waals surface area contributed by atoms with Crippen LogP contribution >= 0.6 is 0 Å². The number of aromatic nitrogens is 4. The van der Waals surface area contributed by atoms with Gasteiger partial charge < -0.3 is 4.98 Å². The third kappa shape index (κ3) is 4.39. The van der Waals surface area contributed by atoms with Crippen LogP contribution in [-0.2, 0) is 0 Å². The van der Waals surface area contributed by atoms with Gasteiger partial charge in [0.25, 0.3) is 0 Å². The van der Waals surface area contributed by atoms with Crippen LogP contribution in [0, 0.1) is 0 Å². The molecule has 5 nitrogen and oxygen atoms in total. The highest BCUT2D eigenvalue weighted by Gasteiger charge is 2.33. The van der Waals surface area contributed by atoms with E-state index in [1.165, 1.54) is 4.90 Å². The molecular weight excluding hydrogens is 367 g/mol. The minimum absolute atomic E-state index is 0.0993. The van der Waals surface area contributed by atoms with Crippen molar-refractivity contribution in [1.29, 1.82) is 0 Å². The van der Waals surface area contributed by atoms with Gasteiger partial charge in [-0.2, -0.15) is 13.2 Å². The molecule has 0 spiro atoms. The number of nitrogens with zero attached hydrogens (tertiary/aromatic N) is 4. The number of aromatic amines is 1. The Morgan fingerprint density at radius 3 is 2.36 bits per heavy atom. The lowest BCUT2D eigenvalue weighted by atomic mass is 9.96. The first-order chi connectivity index (χ1) is 13.5. The summed E-state index contributed by atoms with van der Waals surface area (Å²) in [5.41, 5.74) is 2.74. The van der Waals surface area contributed by atoms with Crippen molar-refractivity contribution in [2.45, 2.75) is 24.9 Å². The molecule has 0 aliphatic carbocycles. The van der Waals surface area contributed by atoms with E-state index >= 15 is 0 Å². The van der Waals surface area contributed by atoms with Crippen LogP contribution in [0.2, 0.25) is 0 Å². The Bertz CT molecular complexity index is 898. The molecule has 2 aromatic heterocycles. The number of alkyl halides is 3. The average molecular weight is 387 g/mol. The summed E-state index contributed by atoms with van der Waals surface area (Å²) in [4.78, 5) is 9.15. The maximum Gasteiger partial charge on any atom is 0.401 e. The van der Waals surface area contributed by atoms with Gasteiger partial charge in [0.15, 0.2) is 5.82 Å². The molecule has 8 heteroatoms. The largest absolute Gasteiger partial charge is 0.401 e. The van der Waals surface area contributed by atoms with Crippen molar-refractivity contribution in [1.82, 2.24) is 25.1 Å². The molecule has 1 aliphatic heterocycles. The van der Waals surface area contributed by atoms with Crippen LogP contribution in [-0.4, -0.2) is 50.9 Å². The number of piperidine rings is 1. The maximum absolute atomic E-state index is 12.5. The third-order valence-electron chi connectivity index (χ3n) is 4.99. The molecule has 0 atom stereocenters. The zero-order chi connectivity index (χ0) is 19.6. The van der Waals surface area contributed by atoms with Gasteiger partial charge in [0.2, 0.25) is 0 Å². The number of hydrogen-bond acceptors (Lipinski definition) is 4. The van der Waals surface area contributed by atoms with Crippen LogP contribution in [0.3, 0.4) is 0 Å². The van der Waals surface area contributed by atoms with E-state index in [9.17, 15) is 13.2 Å². The standard InChI is InChI=1S/C20H20F3N5/c21-20(22,23)13-28-10-8-15(9-11-28)18-25-19(27-26-18)16-6-7-17(24-12-16)14-4-2-1-3-5-14/h1-7,12,15H,8-11,13H2,(H,25,26,27). The van der Waals surface area contributed by atoms with Gasteiger partial charge in [0.05, 0.1) is 12.2 Å². The number of benzene rings is 1. The van der Waals surface area contributed by atoms with Gasteiger partial charge in [-0.15, -0.1) is 10.2 Å². The Morgan fingerprint density at radius 1 is 0.964 bits per heavy atom. The van der Waals surface area contributed by atoms with Crippen LogP contribution in [0.5, 0.6) is 0 Å². The molecule has 3 aromatic rings. The van der Waals surface area contributed by atoms with Crippen LogP contribution in [0.1, 0.15) is 24.6 Å². The fourth-order valence-corrected chi connectivity index (χ4v) is 3.52. The molecule has 146 valence electrons. The predicted molar refractivity (Wildman–Crippen MR) is 99.5 cm³/mol. The summed E-state index contributed by atoms with van der Waals surface area (Å²) >= 11 is 0. The zero-order valence-corrected chi connectivity index (χ0v) is 15.2. The van der Waals surface area contributed by atoms with Crippen molar-refractivity contribution in [3.05, 3.63) is 54.5 Å². The van der Waals surface area contributed by atoms with Crippen molar-refractivity contribution in [3.8, 4) is 22.6 Å².